The Bertz CT molecular complexity index is 1220. The van der Waals surface area contributed by atoms with Crippen molar-refractivity contribution in [3.05, 3.63) is 53.2 Å². The highest BCUT2D eigenvalue weighted by Crippen LogP contribution is 2.50. The number of fused-ring (bicyclic) bond motifs is 4. The van der Waals surface area contributed by atoms with Crippen LogP contribution in [0.4, 0.5) is 4.39 Å². The molecule has 3 nitrogen and oxygen atoms in total. The highest BCUT2D eigenvalue weighted by Gasteiger charge is 2.34. The van der Waals surface area contributed by atoms with Crippen molar-refractivity contribution in [3.8, 4) is 22.8 Å². The number of pyridine rings is 1. The molecular formula is C21H17FNO2+. The van der Waals surface area contributed by atoms with Gasteiger partial charge in [-0.2, -0.15) is 4.57 Å². The van der Waals surface area contributed by atoms with Crippen LogP contribution >= 0.6 is 0 Å². The van der Waals surface area contributed by atoms with Gasteiger partial charge in [-0.1, -0.05) is 12.1 Å². The van der Waals surface area contributed by atoms with Crippen LogP contribution in [0, 0.1) is 26.6 Å². The molecule has 2 aromatic carbocycles. The molecule has 124 valence electrons. The second-order valence-electron chi connectivity index (χ2n) is 6.90. The van der Waals surface area contributed by atoms with Crippen molar-refractivity contribution in [3.63, 3.8) is 0 Å². The maximum atomic E-state index is 14.4. The Hall–Kier alpha value is -2.88. The number of furan rings is 1. The van der Waals surface area contributed by atoms with E-state index in [0.29, 0.717) is 16.7 Å². The first-order valence-electron chi connectivity index (χ1n) is 8.28. The number of rotatable bonds is 0. The standard InChI is InChI=1S/C21H17FNO2/c1-10-5-13-7-11(2)12(3)17-18(13)15(6-10)25-21-19-14(22)9-24-16(19)8-23(4)20(17)21/h5-9H,1-4H3/q+1. The molecule has 0 amide bonds. The van der Waals surface area contributed by atoms with E-state index in [-0.39, 0.29) is 0 Å². The third kappa shape index (κ3) is 1.77. The molecule has 25 heavy (non-hydrogen) atoms. The maximum Gasteiger partial charge on any atom is 0.257 e. The predicted molar refractivity (Wildman–Crippen MR) is 94.6 cm³/mol. The molecule has 0 N–H and O–H groups in total. The molecule has 1 aliphatic rings. The van der Waals surface area contributed by atoms with Crippen molar-refractivity contribution >= 4 is 21.7 Å². The number of hydrogen-bond donors (Lipinski definition) is 0. The predicted octanol–water partition coefficient (Wildman–Crippen LogP) is 5.25. The lowest BCUT2D eigenvalue weighted by molar-refractivity contribution is -0.659. The first-order chi connectivity index (χ1) is 12.0. The van der Waals surface area contributed by atoms with E-state index in [2.05, 4.69) is 26.0 Å². The molecule has 5 rings (SSSR count). The summed E-state index contributed by atoms with van der Waals surface area (Å²) in [6.07, 6.45) is 2.95. The molecule has 3 heterocycles. The third-order valence-electron chi connectivity index (χ3n) is 5.19. The zero-order valence-electron chi connectivity index (χ0n) is 14.5. The summed E-state index contributed by atoms with van der Waals surface area (Å²) in [5.41, 5.74) is 5.98. The van der Waals surface area contributed by atoms with E-state index in [1.54, 1.807) is 0 Å². The summed E-state index contributed by atoms with van der Waals surface area (Å²) in [6.45, 7) is 6.26. The van der Waals surface area contributed by atoms with Gasteiger partial charge in [-0.15, -0.1) is 0 Å². The summed E-state index contributed by atoms with van der Waals surface area (Å²) < 4.78 is 28.0. The number of halogens is 1. The summed E-state index contributed by atoms with van der Waals surface area (Å²) in [7, 11) is 1.94. The summed E-state index contributed by atoms with van der Waals surface area (Å²) in [4.78, 5) is 0. The zero-order valence-corrected chi connectivity index (χ0v) is 14.5. The lowest BCUT2D eigenvalue weighted by atomic mass is 9.89. The SMILES string of the molecule is Cc1cc2c3c(c(C)c(C)cc3c1)-c1c(c3c(F)coc3c[n+]1C)O2. The Labute approximate surface area is 144 Å². The molecule has 0 fully saturated rings. The van der Waals surface area contributed by atoms with Crippen LogP contribution in [0.2, 0.25) is 0 Å². The van der Waals surface area contributed by atoms with Gasteiger partial charge in [0.15, 0.2) is 5.82 Å². The Morgan fingerprint density at radius 1 is 1.04 bits per heavy atom. The Morgan fingerprint density at radius 2 is 1.84 bits per heavy atom. The third-order valence-corrected chi connectivity index (χ3v) is 5.19. The van der Waals surface area contributed by atoms with Crippen molar-refractivity contribution in [1.29, 1.82) is 0 Å². The number of ether oxygens (including phenoxy) is 1. The van der Waals surface area contributed by atoms with Gasteiger partial charge in [-0.05, 0) is 48.9 Å². The molecular weight excluding hydrogens is 317 g/mol. The first kappa shape index (κ1) is 14.5. The molecule has 2 aromatic heterocycles. The minimum absolute atomic E-state index is 0.398. The fraction of sp³-hybridized carbons (Fsp3) is 0.190. The second-order valence-corrected chi connectivity index (χ2v) is 6.90. The van der Waals surface area contributed by atoms with Gasteiger partial charge in [0, 0.05) is 5.39 Å². The van der Waals surface area contributed by atoms with E-state index in [9.17, 15) is 4.39 Å². The summed E-state index contributed by atoms with van der Waals surface area (Å²) in [6, 6.07) is 6.37. The van der Waals surface area contributed by atoms with E-state index in [1.807, 2.05) is 30.8 Å². The molecule has 0 saturated heterocycles. The molecule has 4 aromatic rings. The van der Waals surface area contributed by atoms with Crippen LogP contribution in [0.5, 0.6) is 11.5 Å². The van der Waals surface area contributed by atoms with Gasteiger partial charge < -0.3 is 9.15 Å². The molecule has 0 atom stereocenters. The van der Waals surface area contributed by atoms with Crippen LogP contribution in [0.1, 0.15) is 16.7 Å². The monoisotopic (exact) mass is 334 g/mol. The van der Waals surface area contributed by atoms with Crippen molar-refractivity contribution in [1.82, 2.24) is 0 Å². The highest BCUT2D eigenvalue weighted by molar-refractivity contribution is 6.07. The first-order valence-corrected chi connectivity index (χ1v) is 8.28. The number of aromatic nitrogens is 1. The Morgan fingerprint density at radius 3 is 2.64 bits per heavy atom. The number of nitrogens with zero attached hydrogens (tertiary/aromatic N) is 1. The largest absolute Gasteiger partial charge is 0.455 e. The minimum atomic E-state index is -0.399. The van der Waals surface area contributed by atoms with Crippen molar-refractivity contribution in [2.24, 2.45) is 7.05 Å². The number of aryl methyl sites for hydroxylation is 3. The normalized spacial score (nSPS) is 12.5. The van der Waals surface area contributed by atoms with E-state index >= 15 is 0 Å². The Kier molecular flexibility index (Phi) is 2.66. The zero-order chi connectivity index (χ0) is 17.5. The van der Waals surface area contributed by atoms with Gasteiger partial charge in [-0.25, -0.2) is 4.39 Å². The Balaban J connectivity index is 2.06. The number of benzene rings is 2. The topological polar surface area (TPSA) is 26.2 Å². The fourth-order valence-electron chi connectivity index (χ4n) is 3.95. The molecule has 0 spiro atoms. The summed E-state index contributed by atoms with van der Waals surface area (Å²) in [5.74, 6) is 0.901. The van der Waals surface area contributed by atoms with Crippen LogP contribution in [0.15, 0.2) is 35.1 Å². The van der Waals surface area contributed by atoms with Gasteiger partial charge in [0.2, 0.25) is 17.5 Å². The van der Waals surface area contributed by atoms with Crippen molar-refractivity contribution < 1.29 is 18.1 Å². The van der Waals surface area contributed by atoms with Crippen molar-refractivity contribution in [2.45, 2.75) is 20.8 Å². The van der Waals surface area contributed by atoms with E-state index in [1.165, 1.54) is 11.1 Å². The van der Waals surface area contributed by atoms with Crippen LogP contribution in [-0.2, 0) is 7.05 Å². The average molecular weight is 334 g/mol. The van der Waals surface area contributed by atoms with Gasteiger partial charge in [0.05, 0.1) is 5.56 Å². The van der Waals surface area contributed by atoms with Gasteiger partial charge in [0.25, 0.3) is 5.69 Å². The van der Waals surface area contributed by atoms with E-state index < -0.39 is 5.82 Å². The molecule has 4 heteroatoms. The lowest BCUT2D eigenvalue weighted by Gasteiger charge is -2.22. The highest BCUT2D eigenvalue weighted by atomic mass is 19.1. The van der Waals surface area contributed by atoms with Crippen LogP contribution in [0.3, 0.4) is 0 Å². The van der Waals surface area contributed by atoms with Gasteiger partial charge in [-0.3, -0.25) is 0 Å². The molecule has 1 aliphatic heterocycles. The quantitative estimate of drug-likeness (QED) is 0.362. The van der Waals surface area contributed by atoms with Crippen LogP contribution in [-0.4, -0.2) is 0 Å². The number of hydrogen-bond acceptors (Lipinski definition) is 2. The van der Waals surface area contributed by atoms with Crippen LogP contribution in [0.25, 0.3) is 33.0 Å². The summed E-state index contributed by atoms with van der Waals surface area (Å²) in [5, 5.41) is 2.63. The van der Waals surface area contributed by atoms with Gasteiger partial charge >= 0.3 is 0 Å². The van der Waals surface area contributed by atoms with Gasteiger partial charge in [0.1, 0.15) is 24.4 Å². The molecule has 0 saturated carbocycles. The van der Waals surface area contributed by atoms with E-state index in [0.717, 1.165) is 39.6 Å². The lowest BCUT2D eigenvalue weighted by Crippen LogP contribution is -2.32. The maximum absolute atomic E-state index is 14.4. The average Bonchev–Trinajstić information content (AvgIpc) is 2.92. The second kappa shape index (κ2) is 4.60. The fourth-order valence-corrected chi connectivity index (χ4v) is 3.95. The van der Waals surface area contributed by atoms with Crippen LogP contribution < -0.4 is 9.30 Å². The molecule has 0 unspecified atom stereocenters. The molecule has 0 aliphatic carbocycles. The minimum Gasteiger partial charge on any atom is -0.455 e. The smallest absolute Gasteiger partial charge is 0.257 e. The van der Waals surface area contributed by atoms with Crippen molar-refractivity contribution in [2.75, 3.05) is 0 Å². The molecule has 0 radical (unpaired) electrons. The summed E-state index contributed by atoms with van der Waals surface area (Å²) >= 11 is 0. The van der Waals surface area contributed by atoms with E-state index in [4.69, 9.17) is 9.15 Å². The molecule has 0 bridgehead atoms.